The summed E-state index contributed by atoms with van der Waals surface area (Å²) in [4.78, 5) is 30.5. The van der Waals surface area contributed by atoms with E-state index in [-0.39, 0.29) is 23.4 Å². The second-order valence-electron chi connectivity index (χ2n) is 6.42. The van der Waals surface area contributed by atoms with E-state index in [0.29, 0.717) is 5.75 Å². The summed E-state index contributed by atoms with van der Waals surface area (Å²) in [5.74, 6) is 5.74. The third-order valence-electron chi connectivity index (χ3n) is 5.32. The van der Waals surface area contributed by atoms with E-state index in [2.05, 4.69) is 0 Å². The Hall–Kier alpha value is -1.68. The Bertz CT molecular complexity index is 576. The van der Waals surface area contributed by atoms with Crippen LogP contribution in [0.2, 0.25) is 0 Å². The van der Waals surface area contributed by atoms with Gasteiger partial charge in [0.05, 0.1) is 0 Å². The van der Waals surface area contributed by atoms with E-state index in [1.165, 1.54) is 0 Å². The van der Waals surface area contributed by atoms with Crippen molar-refractivity contribution >= 4 is 11.6 Å². The second-order valence-corrected chi connectivity index (χ2v) is 6.42. The van der Waals surface area contributed by atoms with Gasteiger partial charge in [0.2, 0.25) is 0 Å². The van der Waals surface area contributed by atoms with Crippen LogP contribution in [0.1, 0.15) is 55.7 Å². The molecule has 2 N–H and O–H groups in total. The van der Waals surface area contributed by atoms with E-state index < -0.39 is 5.92 Å². The molecule has 4 heteroatoms. The molecule has 2 aliphatic carbocycles. The maximum absolute atomic E-state index is 12.8. The van der Waals surface area contributed by atoms with Crippen LogP contribution in [0.3, 0.4) is 0 Å². The van der Waals surface area contributed by atoms with Crippen molar-refractivity contribution in [1.29, 1.82) is 0 Å². The maximum atomic E-state index is 12.8. The lowest BCUT2D eigenvalue weighted by molar-refractivity contribution is -0.136. The highest BCUT2D eigenvalue weighted by molar-refractivity contribution is 6.12. The lowest BCUT2D eigenvalue weighted by Gasteiger charge is -2.29. The predicted molar refractivity (Wildman–Crippen MR) is 83.6 cm³/mol. The fourth-order valence-corrected chi connectivity index (χ4v) is 4.17. The van der Waals surface area contributed by atoms with Gasteiger partial charge in [-0.3, -0.25) is 9.59 Å². The highest BCUT2D eigenvalue weighted by Gasteiger charge is 2.48. The molecule has 0 aromatic heterocycles. The Morgan fingerprint density at radius 3 is 1.95 bits per heavy atom. The van der Waals surface area contributed by atoms with Gasteiger partial charge in [0.15, 0.2) is 11.6 Å². The van der Waals surface area contributed by atoms with Crippen molar-refractivity contribution in [3.63, 3.8) is 0 Å². The van der Waals surface area contributed by atoms with Gasteiger partial charge >= 0.3 is 0 Å². The zero-order chi connectivity index (χ0) is 15.9. The van der Waals surface area contributed by atoms with E-state index in [0.717, 1.165) is 48.8 Å². The van der Waals surface area contributed by atoms with E-state index in [1.54, 1.807) is 0 Å². The zero-order valence-electron chi connectivity index (χ0n) is 13.2. The van der Waals surface area contributed by atoms with Crippen LogP contribution in [-0.4, -0.2) is 11.6 Å². The molecule has 1 aromatic rings. The molecule has 2 unspecified atom stereocenters. The van der Waals surface area contributed by atoms with Crippen LogP contribution in [0.4, 0.5) is 0 Å². The summed E-state index contributed by atoms with van der Waals surface area (Å²) in [5, 5.41) is 0. The highest BCUT2D eigenvalue weighted by Crippen LogP contribution is 2.45. The lowest BCUT2D eigenvalue weighted by atomic mass is 9.72. The van der Waals surface area contributed by atoms with Crippen LogP contribution < -0.4 is 10.7 Å². The fraction of sp³-hybridized carbons (Fsp3) is 0.556. The summed E-state index contributed by atoms with van der Waals surface area (Å²) < 4.78 is 0. The topological polar surface area (TPSA) is 69.4 Å². The molecular formula is C18H23NO3. The molecule has 22 heavy (non-hydrogen) atoms. The van der Waals surface area contributed by atoms with Crippen LogP contribution in [0.15, 0.2) is 12.1 Å². The Kier molecular flexibility index (Phi) is 4.04. The molecule has 3 rings (SSSR count). The molecule has 0 heterocycles. The van der Waals surface area contributed by atoms with Crippen molar-refractivity contribution < 1.29 is 14.4 Å². The summed E-state index contributed by atoms with van der Waals surface area (Å²) in [7, 11) is 0. The van der Waals surface area contributed by atoms with E-state index >= 15 is 0 Å². The molecule has 1 aromatic carbocycles. The van der Waals surface area contributed by atoms with Gasteiger partial charge in [-0.05, 0) is 60.9 Å². The van der Waals surface area contributed by atoms with Crippen molar-refractivity contribution in [2.75, 3.05) is 0 Å². The maximum Gasteiger partial charge on any atom is 0.150 e. The first-order valence-electron chi connectivity index (χ1n) is 8.20. The Balaban J connectivity index is 2.14. The van der Waals surface area contributed by atoms with Gasteiger partial charge < -0.3 is 4.84 Å². The van der Waals surface area contributed by atoms with Crippen molar-refractivity contribution in [3.8, 4) is 5.75 Å². The van der Waals surface area contributed by atoms with Gasteiger partial charge in [-0.25, -0.2) is 0 Å². The van der Waals surface area contributed by atoms with Crippen molar-refractivity contribution in [2.45, 2.75) is 51.9 Å². The molecule has 0 saturated heterocycles. The van der Waals surface area contributed by atoms with E-state index in [4.69, 9.17) is 10.7 Å². The smallest absolute Gasteiger partial charge is 0.150 e. The first kappa shape index (κ1) is 15.2. The van der Waals surface area contributed by atoms with Gasteiger partial charge in [0, 0.05) is 11.8 Å². The first-order valence-corrected chi connectivity index (χ1v) is 8.20. The number of Topliss-reactive ketones (excluding diaryl/α,β-unsaturated/α-hetero) is 2. The number of aryl methyl sites for hydroxylation is 2. The zero-order valence-corrected chi connectivity index (χ0v) is 13.2. The average molecular weight is 301 g/mol. The van der Waals surface area contributed by atoms with Gasteiger partial charge in [0.1, 0.15) is 11.7 Å². The summed E-state index contributed by atoms with van der Waals surface area (Å²) >= 11 is 0. The van der Waals surface area contributed by atoms with Crippen molar-refractivity contribution in [2.24, 2.45) is 17.7 Å². The SMILES string of the molecule is CCc1cc(ON)cc(CC)c1C1C(=O)C2CCC(C2)C1=O. The number of carbonyl (C=O) groups is 2. The molecule has 2 bridgehead atoms. The van der Waals surface area contributed by atoms with Gasteiger partial charge in [-0.15, -0.1) is 0 Å². The standard InChI is InChI=1S/C18H23NO3/c1-3-10-8-14(22-19)9-11(4-2)15(10)16-17(20)12-5-6-13(7-12)18(16)21/h8-9,12-13,16H,3-7,19H2,1-2H3. The summed E-state index contributed by atoms with van der Waals surface area (Å²) in [6, 6.07) is 3.73. The predicted octanol–water partition coefficient (Wildman–Crippen LogP) is 2.72. The molecule has 0 radical (unpaired) electrons. The monoisotopic (exact) mass is 301 g/mol. The Morgan fingerprint density at radius 1 is 1.05 bits per heavy atom. The molecule has 118 valence electrons. The average Bonchev–Trinajstić information content (AvgIpc) is 3.00. The molecule has 4 nitrogen and oxygen atoms in total. The number of carbonyl (C=O) groups excluding carboxylic acids is 2. The van der Waals surface area contributed by atoms with Crippen LogP contribution in [0, 0.1) is 11.8 Å². The molecule has 2 saturated carbocycles. The summed E-state index contributed by atoms with van der Waals surface area (Å²) in [6.45, 7) is 4.07. The number of rotatable bonds is 4. The number of hydrogen-bond acceptors (Lipinski definition) is 4. The Labute approximate surface area is 131 Å². The molecule has 2 aliphatic rings. The largest absolute Gasteiger partial charge is 0.412 e. The summed E-state index contributed by atoms with van der Waals surface area (Å²) in [6.07, 6.45) is 4.02. The van der Waals surface area contributed by atoms with Crippen LogP contribution in [-0.2, 0) is 22.4 Å². The third-order valence-corrected chi connectivity index (χ3v) is 5.32. The van der Waals surface area contributed by atoms with Crippen LogP contribution in [0.5, 0.6) is 5.75 Å². The second kappa shape index (κ2) is 5.84. The molecule has 0 aliphatic heterocycles. The number of fused-ring (bicyclic) bond motifs is 2. The Morgan fingerprint density at radius 2 is 1.55 bits per heavy atom. The van der Waals surface area contributed by atoms with Crippen LogP contribution in [0.25, 0.3) is 0 Å². The van der Waals surface area contributed by atoms with Gasteiger partial charge in [-0.2, -0.15) is 5.90 Å². The van der Waals surface area contributed by atoms with Crippen molar-refractivity contribution in [1.82, 2.24) is 0 Å². The summed E-state index contributed by atoms with van der Waals surface area (Å²) in [5.41, 5.74) is 2.94. The number of ketones is 2. The molecule has 0 amide bonds. The van der Waals surface area contributed by atoms with Crippen molar-refractivity contribution in [3.05, 3.63) is 28.8 Å². The number of nitrogens with two attached hydrogens (primary N) is 1. The lowest BCUT2D eigenvalue weighted by Crippen LogP contribution is -2.36. The fourth-order valence-electron chi connectivity index (χ4n) is 4.17. The molecular weight excluding hydrogens is 278 g/mol. The molecule has 2 fully saturated rings. The molecule has 2 atom stereocenters. The number of benzene rings is 1. The quantitative estimate of drug-likeness (QED) is 0.686. The minimum Gasteiger partial charge on any atom is -0.412 e. The van der Waals surface area contributed by atoms with E-state index in [1.807, 2.05) is 26.0 Å². The normalized spacial score (nSPS) is 27.3. The first-order chi connectivity index (χ1) is 10.6. The van der Waals surface area contributed by atoms with E-state index in [9.17, 15) is 9.59 Å². The molecule has 0 spiro atoms. The van der Waals surface area contributed by atoms with Gasteiger partial charge in [0.25, 0.3) is 0 Å². The third kappa shape index (κ3) is 2.26. The minimum atomic E-state index is -0.567. The van der Waals surface area contributed by atoms with Gasteiger partial charge in [-0.1, -0.05) is 13.8 Å². The highest BCUT2D eigenvalue weighted by atomic mass is 16.6. The minimum absolute atomic E-state index is 0.0764. The van der Waals surface area contributed by atoms with Crippen LogP contribution >= 0.6 is 0 Å². The number of hydrogen-bond donors (Lipinski definition) is 1.